The summed E-state index contributed by atoms with van der Waals surface area (Å²) in [5, 5.41) is 16.9. The predicted molar refractivity (Wildman–Crippen MR) is 174 cm³/mol. The molecule has 2 aliphatic heterocycles. The van der Waals surface area contributed by atoms with Crippen LogP contribution in [-0.2, 0) is 22.6 Å². The number of urea groups is 1. The Morgan fingerprint density at radius 2 is 2.04 bits per heavy atom. The van der Waals surface area contributed by atoms with Gasteiger partial charge in [-0.05, 0) is 54.2 Å². The lowest BCUT2D eigenvalue weighted by Gasteiger charge is -2.46. The molecule has 0 radical (unpaired) electrons. The van der Waals surface area contributed by atoms with Crippen LogP contribution in [0.1, 0.15) is 37.3 Å². The molecule has 45 heavy (non-hydrogen) atoms. The third kappa shape index (κ3) is 6.18. The number of aromatic hydroxyl groups is 1. The molecule has 0 bridgehead atoms. The summed E-state index contributed by atoms with van der Waals surface area (Å²) in [6, 6.07) is 9.48. The summed E-state index contributed by atoms with van der Waals surface area (Å²) in [6.45, 7) is 3.22. The van der Waals surface area contributed by atoms with E-state index in [1.807, 2.05) is 31.2 Å². The monoisotopic (exact) mass is 630 g/mol. The zero-order valence-corrected chi connectivity index (χ0v) is 26.0. The van der Waals surface area contributed by atoms with Gasteiger partial charge in [-0.2, -0.15) is 5.01 Å². The minimum atomic E-state index is -0.839. The van der Waals surface area contributed by atoms with E-state index in [2.05, 4.69) is 22.5 Å². The zero-order valence-electron chi connectivity index (χ0n) is 25.2. The number of para-hydroxylation sites is 1. The van der Waals surface area contributed by atoms with Gasteiger partial charge in [0.25, 0.3) is 0 Å². The zero-order chi connectivity index (χ0) is 31.7. The Balaban J connectivity index is 1.32. The number of rotatable bonds is 9. The first-order chi connectivity index (χ1) is 21.7. The fraction of sp³-hybridized carbons (Fsp3) is 0.375. The van der Waals surface area contributed by atoms with E-state index in [0.29, 0.717) is 30.2 Å². The van der Waals surface area contributed by atoms with E-state index in [4.69, 9.17) is 11.5 Å². The maximum atomic E-state index is 14.2. The second-order valence-corrected chi connectivity index (χ2v) is 12.6. The number of nitrogens with two attached hydrogens (primary N) is 2. The first-order valence-electron chi connectivity index (χ1n) is 15.2. The highest BCUT2D eigenvalue weighted by molar-refractivity contribution is 7.22. The topological polar surface area (TPSA) is 161 Å². The number of piperazine rings is 1. The second-order valence-electron chi connectivity index (χ2n) is 11.6. The maximum Gasteiger partial charge on any atom is 0.332 e. The average Bonchev–Trinajstić information content (AvgIpc) is 3.58. The fourth-order valence-corrected chi connectivity index (χ4v) is 7.11. The Kier molecular flexibility index (Phi) is 8.63. The number of hydrogen-bond donors (Lipinski definition) is 4. The molecule has 2 saturated heterocycles. The van der Waals surface area contributed by atoms with Crippen molar-refractivity contribution < 1.29 is 19.5 Å². The van der Waals surface area contributed by atoms with Gasteiger partial charge in [0, 0.05) is 26.1 Å². The summed E-state index contributed by atoms with van der Waals surface area (Å²) >= 11 is 1.39. The Hall–Kier alpha value is -4.62. The molecule has 2 aromatic carbocycles. The second kappa shape index (κ2) is 12.8. The number of carbonyl (C=O) groups excluding carboxylic acids is 3. The Labute approximate surface area is 265 Å². The van der Waals surface area contributed by atoms with E-state index in [9.17, 15) is 19.5 Å². The van der Waals surface area contributed by atoms with Gasteiger partial charge in [-0.15, -0.1) is 0 Å². The molecule has 236 valence electrons. The molecule has 0 spiro atoms. The van der Waals surface area contributed by atoms with Gasteiger partial charge in [0.15, 0.2) is 5.13 Å². The van der Waals surface area contributed by atoms with Crippen LogP contribution in [0.15, 0.2) is 60.2 Å². The first kappa shape index (κ1) is 30.4. The van der Waals surface area contributed by atoms with E-state index in [1.165, 1.54) is 17.4 Å². The molecule has 2 atom stereocenters. The van der Waals surface area contributed by atoms with Crippen molar-refractivity contribution in [2.75, 3.05) is 37.6 Å². The molecule has 12 nitrogen and oxygen atoms in total. The molecule has 3 heterocycles. The van der Waals surface area contributed by atoms with Crippen LogP contribution in [0.5, 0.6) is 5.75 Å². The molecule has 6 rings (SSSR count). The van der Waals surface area contributed by atoms with Crippen molar-refractivity contribution in [1.29, 1.82) is 0 Å². The third-order valence-corrected chi connectivity index (χ3v) is 9.31. The average molecular weight is 631 g/mol. The summed E-state index contributed by atoms with van der Waals surface area (Å²) in [6.07, 6.45) is 8.48. The van der Waals surface area contributed by atoms with Crippen molar-refractivity contribution in [2.45, 2.75) is 51.4 Å². The minimum absolute atomic E-state index is 0.0335. The number of allylic oxidation sites excluding steroid dienone is 2. The molecular weight excluding hydrogens is 592 g/mol. The quantitative estimate of drug-likeness (QED) is 0.207. The Morgan fingerprint density at radius 1 is 1.20 bits per heavy atom. The van der Waals surface area contributed by atoms with E-state index >= 15 is 0 Å². The van der Waals surface area contributed by atoms with Crippen LogP contribution in [0.3, 0.4) is 0 Å². The van der Waals surface area contributed by atoms with E-state index in [1.54, 1.807) is 32.0 Å². The lowest BCUT2D eigenvalue weighted by Crippen LogP contribution is -2.66. The largest absolute Gasteiger partial charge is 0.506 e. The molecule has 0 saturated carbocycles. The van der Waals surface area contributed by atoms with Crippen molar-refractivity contribution in [2.24, 2.45) is 0 Å². The van der Waals surface area contributed by atoms with E-state index in [-0.39, 0.29) is 55.3 Å². The highest BCUT2D eigenvalue weighted by atomic mass is 32.1. The summed E-state index contributed by atoms with van der Waals surface area (Å²) in [5.74, 6) is -0.491. The Bertz CT molecular complexity index is 1690. The molecule has 3 aliphatic rings. The summed E-state index contributed by atoms with van der Waals surface area (Å²) < 4.78 is 0.929. The van der Waals surface area contributed by atoms with Crippen molar-refractivity contribution in [3.63, 3.8) is 0 Å². The molecule has 0 unspecified atom stereocenters. The molecule has 13 heteroatoms. The highest BCUT2D eigenvalue weighted by Gasteiger charge is 2.52. The van der Waals surface area contributed by atoms with Gasteiger partial charge in [0.2, 0.25) is 11.8 Å². The number of benzene rings is 2. The number of nitrogens with one attached hydrogen (secondary N) is 1. The maximum absolute atomic E-state index is 14.2. The van der Waals surface area contributed by atoms with Crippen LogP contribution in [0.25, 0.3) is 10.2 Å². The van der Waals surface area contributed by atoms with Crippen LogP contribution in [-0.4, -0.2) is 86.1 Å². The Morgan fingerprint density at radius 3 is 2.80 bits per heavy atom. The van der Waals surface area contributed by atoms with Crippen molar-refractivity contribution in [3.05, 3.63) is 71.3 Å². The van der Waals surface area contributed by atoms with Crippen molar-refractivity contribution >= 4 is 50.2 Å². The van der Waals surface area contributed by atoms with Gasteiger partial charge in [0.05, 0.1) is 29.0 Å². The number of nitrogen functional groups attached to an aromatic ring is 2. The summed E-state index contributed by atoms with van der Waals surface area (Å²) in [5.41, 5.74) is 15.5. The smallest absolute Gasteiger partial charge is 0.332 e. The lowest BCUT2D eigenvalue weighted by atomic mass is 9.99. The molecule has 4 amide bonds. The van der Waals surface area contributed by atoms with E-state index in [0.717, 1.165) is 34.2 Å². The van der Waals surface area contributed by atoms with Crippen molar-refractivity contribution in [1.82, 2.24) is 30.1 Å². The molecule has 6 N–H and O–H groups in total. The number of phenols is 1. The van der Waals surface area contributed by atoms with Gasteiger partial charge < -0.3 is 31.7 Å². The van der Waals surface area contributed by atoms with Crippen LogP contribution < -0.4 is 16.8 Å². The molecular formula is C32H38N8O4S. The number of thiazole rings is 1. The number of anilines is 2. The minimum Gasteiger partial charge on any atom is -0.506 e. The van der Waals surface area contributed by atoms with Crippen LogP contribution in [0.4, 0.5) is 15.6 Å². The number of hydrogen-bond acceptors (Lipinski definition) is 9. The number of carbonyl (C=O) groups is 3. The standard InChI is InChI=1S/C32H38N8O4S/c1-2-13-38(32(44)35-16-20-7-4-3-5-8-20)39-19-28(42)40-24(15-21-11-12-25(41)23(33)14-21)30(43)37(18-27(39)40)17-22-9-6-10-26-29(22)36-31(34)45-26/h4,6-12,14,24,27,41H,2-3,5,13,15-19,33H2,1H3,(H2,34,36)(H,35,44)/t24-,27+/m0/s1. The predicted octanol–water partition coefficient (Wildman–Crippen LogP) is 3.20. The van der Waals surface area contributed by atoms with E-state index < -0.39 is 12.2 Å². The lowest BCUT2D eigenvalue weighted by molar-refractivity contribution is -0.157. The highest BCUT2D eigenvalue weighted by Crippen LogP contribution is 2.33. The molecule has 1 aliphatic carbocycles. The van der Waals surface area contributed by atoms with Crippen LogP contribution in [0, 0.1) is 0 Å². The third-order valence-electron chi connectivity index (χ3n) is 8.46. The normalized spacial score (nSPS) is 20.1. The number of aromatic nitrogens is 1. The number of hydrazine groups is 1. The molecule has 1 aromatic heterocycles. The number of amides is 4. The number of nitrogens with zero attached hydrogens (tertiary/aromatic N) is 5. The van der Waals surface area contributed by atoms with Crippen LogP contribution in [0.2, 0.25) is 0 Å². The van der Waals surface area contributed by atoms with Gasteiger partial charge in [-0.3, -0.25) is 14.6 Å². The summed E-state index contributed by atoms with van der Waals surface area (Å²) in [7, 11) is 0. The summed E-state index contributed by atoms with van der Waals surface area (Å²) in [4.78, 5) is 49.4. The van der Waals surface area contributed by atoms with Crippen molar-refractivity contribution in [3.8, 4) is 5.75 Å². The van der Waals surface area contributed by atoms with Gasteiger partial charge in [-0.25, -0.2) is 9.78 Å². The van der Waals surface area contributed by atoms with Crippen LogP contribution >= 0.6 is 11.3 Å². The molecule has 3 aromatic rings. The SMILES string of the molecule is CCCN(C(=O)NCC1=CCCC=C1)N1CC(=O)N2[C@@H](Cc3ccc(O)c(N)c3)C(=O)N(Cc3cccc4sc(N)nc34)C[C@@H]21. The first-order valence-corrected chi connectivity index (χ1v) is 16.0. The van der Waals surface area contributed by atoms with Gasteiger partial charge in [0.1, 0.15) is 18.0 Å². The number of fused-ring (bicyclic) bond motifs is 2. The number of phenolic OH excluding ortho intramolecular Hbond substituents is 1. The van der Waals surface area contributed by atoms with Gasteiger partial charge >= 0.3 is 6.03 Å². The molecule has 2 fully saturated rings. The fourth-order valence-electron chi connectivity index (χ4n) is 6.33. The van der Waals surface area contributed by atoms with Gasteiger partial charge in [-0.1, -0.05) is 54.7 Å².